The van der Waals surface area contributed by atoms with E-state index in [1.165, 1.54) is 0 Å². The molecule has 1 unspecified atom stereocenters. The van der Waals surface area contributed by atoms with E-state index in [9.17, 15) is 8.78 Å². The van der Waals surface area contributed by atoms with Crippen molar-refractivity contribution in [1.29, 1.82) is 0 Å². The fourth-order valence-electron chi connectivity index (χ4n) is 2.53. The summed E-state index contributed by atoms with van der Waals surface area (Å²) in [6.45, 7) is 1.49. The van der Waals surface area contributed by atoms with Gasteiger partial charge in [-0.15, -0.1) is 0 Å². The predicted molar refractivity (Wildman–Crippen MR) is 82.8 cm³/mol. The molecule has 0 spiro atoms. The summed E-state index contributed by atoms with van der Waals surface area (Å²) in [4.78, 5) is 8.37. The molecule has 2 heterocycles. The number of ether oxygens (including phenoxy) is 1. The van der Waals surface area contributed by atoms with Crippen LogP contribution in [0.15, 0.2) is 24.5 Å². The van der Waals surface area contributed by atoms with Crippen LogP contribution in [0, 0.1) is 17.6 Å². The third-order valence-corrected chi connectivity index (χ3v) is 4.39. The highest BCUT2D eigenvalue weighted by molar-refractivity contribution is 6.37. The first-order valence-electron chi connectivity index (χ1n) is 7.05. The first kappa shape index (κ1) is 16.4. The molecule has 2 aromatic rings. The Hall–Kier alpha value is -1.50. The van der Waals surface area contributed by atoms with Gasteiger partial charge in [-0.25, -0.2) is 18.7 Å². The van der Waals surface area contributed by atoms with Crippen LogP contribution in [0.5, 0.6) is 5.75 Å². The maximum atomic E-state index is 13.7. The SMILES string of the molecule is Fc1cc(F)c(Cl)c(OC(c2ncccn2)[C@H]2CCNC2)c1Cl. The molecule has 1 aliphatic rings. The van der Waals surface area contributed by atoms with Gasteiger partial charge in [0, 0.05) is 30.9 Å². The van der Waals surface area contributed by atoms with Crippen LogP contribution in [0.2, 0.25) is 10.0 Å². The van der Waals surface area contributed by atoms with Crippen LogP contribution in [0.1, 0.15) is 18.3 Å². The summed E-state index contributed by atoms with van der Waals surface area (Å²) in [7, 11) is 0. The van der Waals surface area contributed by atoms with E-state index in [0.717, 1.165) is 13.0 Å². The number of hydrogen-bond acceptors (Lipinski definition) is 4. The van der Waals surface area contributed by atoms with Gasteiger partial charge in [0.05, 0.1) is 0 Å². The molecule has 0 saturated carbocycles. The van der Waals surface area contributed by atoms with Gasteiger partial charge in [0.1, 0.15) is 21.7 Å². The van der Waals surface area contributed by atoms with Crippen LogP contribution < -0.4 is 10.1 Å². The van der Waals surface area contributed by atoms with Crippen molar-refractivity contribution in [2.75, 3.05) is 13.1 Å². The van der Waals surface area contributed by atoms with Crippen molar-refractivity contribution in [3.05, 3.63) is 52.0 Å². The van der Waals surface area contributed by atoms with Gasteiger partial charge < -0.3 is 10.1 Å². The molecular formula is C15H13Cl2F2N3O. The van der Waals surface area contributed by atoms with Gasteiger partial charge in [0.25, 0.3) is 0 Å². The topological polar surface area (TPSA) is 47.0 Å². The van der Waals surface area contributed by atoms with E-state index in [1.807, 2.05) is 0 Å². The molecule has 0 aliphatic carbocycles. The summed E-state index contributed by atoms with van der Waals surface area (Å²) in [5.74, 6) is -1.63. The second kappa shape index (κ2) is 6.95. The van der Waals surface area contributed by atoms with Gasteiger partial charge in [-0.1, -0.05) is 23.2 Å². The van der Waals surface area contributed by atoms with Crippen LogP contribution in [-0.4, -0.2) is 23.1 Å². The van der Waals surface area contributed by atoms with E-state index in [-0.39, 0.29) is 21.7 Å². The molecular weight excluding hydrogens is 347 g/mol. The number of nitrogens with one attached hydrogen (secondary N) is 1. The van der Waals surface area contributed by atoms with Crippen molar-refractivity contribution in [2.45, 2.75) is 12.5 Å². The second-order valence-electron chi connectivity index (χ2n) is 5.20. The fraction of sp³-hybridized carbons (Fsp3) is 0.333. The summed E-state index contributed by atoms with van der Waals surface area (Å²) in [5.41, 5.74) is 0. The third-order valence-electron chi connectivity index (χ3n) is 3.68. The standard InChI is InChI=1S/C15H13Cl2F2N3O/c16-11-9(18)6-10(19)12(17)14(11)23-13(8-2-5-20-7-8)15-21-3-1-4-22-15/h1,3-4,6,8,13,20H,2,5,7H2/t8-,13?/m0/s1. The second-order valence-corrected chi connectivity index (χ2v) is 5.95. The minimum Gasteiger partial charge on any atom is -0.479 e. The Bertz CT molecular complexity index is 671. The molecule has 0 amide bonds. The van der Waals surface area contributed by atoms with Crippen molar-refractivity contribution < 1.29 is 13.5 Å². The largest absolute Gasteiger partial charge is 0.479 e. The van der Waals surface area contributed by atoms with Crippen molar-refractivity contribution in [3.8, 4) is 5.75 Å². The van der Waals surface area contributed by atoms with E-state index in [1.54, 1.807) is 18.5 Å². The minimum atomic E-state index is -0.930. The minimum absolute atomic E-state index is 0.0378. The molecule has 1 fully saturated rings. The Morgan fingerprint density at radius 3 is 2.39 bits per heavy atom. The van der Waals surface area contributed by atoms with Crippen LogP contribution in [-0.2, 0) is 0 Å². The Balaban J connectivity index is 1.99. The quantitative estimate of drug-likeness (QED) is 0.843. The smallest absolute Gasteiger partial charge is 0.169 e. The van der Waals surface area contributed by atoms with Gasteiger partial charge in [-0.3, -0.25) is 0 Å². The average Bonchev–Trinajstić information content (AvgIpc) is 3.08. The van der Waals surface area contributed by atoms with E-state index in [0.29, 0.717) is 18.4 Å². The number of benzene rings is 1. The van der Waals surface area contributed by atoms with Crippen molar-refractivity contribution >= 4 is 23.2 Å². The summed E-state index contributed by atoms with van der Waals surface area (Å²) in [6.07, 6.45) is 3.37. The zero-order chi connectivity index (χ0) is 16.4. The summed E-state index contributed by atoms with van der Waals surface area (Å²) >= 11 is 11.8. The lowest BCUT2D eigenvalue weighted by Crippen LogP contribution is -2.23. The number of halogens is 4. The molecule has 1 aliphatic heterocycles. The predicted octanol–water partition coefficient (Wildman–Crippen LogP) is 3.79. The summed E-state index contributed by atoms with van der Waals surface area (Å²) in [5, 5.41) is 2.49. The highest BCUT2D eigenvalue weighted by Crippen LogP contribution is 2.41. The van der Waals surface area contributed by atoms with Crippen LogP contribution in [0.4, 0.5) is 8.78 Å². The lowest BCUT2D eigenvalue weighted by atomic mass is 10.0. The fourth-order valence-corrected chi connectivity index (χ4v) is 2.97. The van der Waals surface area contributed by atoms with Gasteiger partial charge in [0.2, 0.25) is 0 Å². The van der Waals surface area contributed by atoms with Crippen LogP contribution in [0.25, 0.3) is 0 Å². The van der Waals surface area contributed by atoms with Gasteiger partial charge in [0.15, 0.2) is 17.7 Å². The van der Waals surface area contributed by atoms with Crippen molar-refractivity contribution in [2.24, 2.45) is 5.92 Å². The monoisotopic (exact) mass is 359 g/mol. The molecule has 1 aromatic carbocycles. The van der Waals surface area contributed by atoms with Gasteiger partial charge in [-0.05, 0) is 19.0 Å². The van der Waals surface area contributed by atoms with Gasteiger partial charge in [-0.2, -0.15) is 0 Å². The lowest BCUT2D eigenvalue weighted by molar-refractivity contribution is 0.134. The maximum absolute atomic E-state index is 13.7. The number of rotatable bonds is 4. The third kappa shape index (κ3) is 3.39. The van der Waals surface area contributed by atoms with Crippen molar-refractivity contribution in [3.63, 3.8) is 0 Å². The van der Waals surface area contributed by atoms with Crippen molar-refractivity contribution in [1.82, 2.24) is 15.3 Å². The zero-order valence-corrected chi connectivity index (χ0v) is 13.4. The summed E-state index contributed by atoms with van der Waals surface area (Å²) in [6, 6.07) is 2.30. The van der Waals surface area contributed by atoms with E-state index >= 15 is 0 Å². The maximum Gasteiger partial charge on any atom is 0.169 e. The average molecular weight is 360 g/mol. The van der Waals surface area contributed by atoms with Crippen LogP contribution >= 0.6 is 23.2 Å². The molecule has 1 N–H and O–H groups in total. The molecule has 4 nitrogen and oxygen atoms in total. The number of aromatic nitrogens is 2. The molecule has 2 atom stereocenters. The number of nitrogens with zero attached hydrogens (tertiary/aromatic N) is 2. The first-order chi connectivity index (χ1) is 11.1. The van der Waals surface area contributed by atoms with E-state index < -0.39 is 17.7 Å². The first-order valence-corrected chi connectivity index (χ1v) is 7.80. The Morgan fingerprint density at radius 2 is 1.83 bits per heavy atom. The number of hydrogen-bond donors (Lipinski definition) is 1. The van der Waals surface area contributed by atoms with E-state index in [4.69, 9.17) is 27.9 Å². The molecule has 8 heteroatoms. The molecule has 3 rings (SSSR count). The van der Waals surface area contributed by atoms with Crippen LogP contribution in [0.3, 0.4) is 0 Å². The molecule has 122 valence electrons. The summed E-state index contributed by atoms with van der Waals surface area (Å²) < 4.78 is 33.2. The Labute approximate surface area is 141 Å². The molecule has 23 heavy (non-hydrogen) atoms. The normalized spacial score (nSPS) is 18.9. The zero-order valence-electron chi connectivity index (χ0n) is 11.9. The Kier molecular flexibility index (Phi) is 4.94. The Morgan fingerprint density at radius 1 is 1.17 bits per heavy atom. The molecule has 1 aromatic heterocycles. The molecule has 1 saturated heterocycles. The highest BCUT2D eigenvalue weighted by Gasteiger charge is 2.32. The molecule has 0 radical (unpaired) electrons. The molecule has 0 bridgehead atoms. The van der Waals surface area contributed by atoms with E-state index in [2.05, 4.69) is 15.3 Å². The highest BCUT2D eigenvalue weighted by atomic mass is 35.5. The lowest BCUT2D eigenvalue weighted by Gasteiger charge is -2.24. The van der Waals surface area contributed by atoms with Gasteiger partial charge >= 0.3 is 0 Å².